The van der Waals surface area contributed by atoms with Gasteiger partial charge in [-0.25, -0.2) is 4.98 Å². The highest BCUT2D eigenvalue weighted by molar-refractivity contribution is 5.55. The summed E-state index contributed by atoms with van der Waals surface area (Å²) in [5, 5.41) is 8.95. The van der Waals surface area contributed by atoms with Gasteiger partial charge in [-0.05, 0) is 25.6 Å². The van der Waals surface area contributed by atoms with Crippen LogP contribution in [0.1, 0.15) is 19.5 Å². The molecular weight excluding hydrogens is 226 g/mol. The average molecular weight is 245 g/mol. The third-order valence-corrected chi connectivity index (χ3v) is 3.51. The highest BCUT2D eigenvalue weighted by atomic mass is 15.3. The molecule has 1 saturated heterocycles. The smallest absolute Gasteiger partial charge is 0.165 e. The summed E-state index contributed by atoms with van der Waals surface area (Å²) in [5.41, 5.74) is 6.45. The first kappa shape index (κ1) is 12.7. The minimum absolute atomic E-state index is 0.318. The number of likely N-dealkylation sites (N-methyl/N-ethyl adjacent to an activating group) is 1. The van der Waals surface area contributed by atoms with Crippen molar-refractivity contribution in [3.63, 3.8) is 0 Å². The number of anilines is 2. The molecule has 96 valence electrons. The van der Waals surface area contributed by atoms with Crippen molar-refractivity contribution in [2.24, 2.45) is 0 Å². The molecule has 2 heterocycles. The topological polar surface area (TPSA) is 69.2 Å². The van der Waals surface area contributed by atoms with Crippen LogP contribution in [0.4, 0.5) is 11.5 Å². The Kier molecular flexibility index (Phi) is 3.68. The maximum Gasteiger partial charge on any atom is 0.165 e. The molecule has 5 nitrogen and oxygen atoms in total. The lowest BCUT2D eigenvalue weighted by Gasteiger charge is -2.39. The Morgan fingerprint density at radius 2 is 2.28 bits per heavy atom. The molecule has 0 bridgehead atoms. The summed E-state index contributed by atoms with van der Waals surface area (Å²) >= 11 is 0. The molecule has 0 amide bonds. The lowest BCUT2D eigenvalue weighted by Crippen LogP contribution is -2.52. The first-order chi connectivity index (χ1) is 8.65. The molecule has 1 aromatic rings. The zero-order chi connectivity index (χ0) is 13.1. The van der Waals surface area contributed by atoms with E-state index in [0.717, 1.165) is 32.0 Å². The molecule has 0 aliphatic carbocycles. The first-order valence-electron chi connectivity index (χ1n) is 6.31. The minimum Gasteiger partial charge on any atom is -0.396 e. The van der Waals surface area contributed by atoms with Crippen LogP contribution in [0.2, 0.25) is 0 Å². The van der Waals surface area contributed by atoms with Gasteiger partial charge in [0.25, 0.3) is 0 Å². The van der Waals surface area contributed by atoms with E-state index in [4.69, 9.17) is 11.0 Å². The fourth-order valence-corrected chi connectivity index (χ4v) is 2.40. The molecule has 1 aromatic heterocycles. The number of aromatic nitrogens is 1. The second-order valence-electron chi connectivity index (χ2n) is 4.64. The van der Waals surface area contributed by atoms with Gasteiger partial charge in [-0.2, -0.15) is 5.26 Å². The summed E-state index contributed by atoms with van der Waals surface area (Å²) in [6.07, 6.45) is 0. The normalized spacial score (nSPS) is 20.7. The maximum absolute atomic E-state index is 8.95. The van der Waals surface area contributed by atoms with E-state index in [1.807, 2.05) is 12.1 Å². The number of nitrogens with zero attached hydrogens (tertiary/aromatic N) is 4. The highest BCUT2D eigenvalue weighted by Gasteiger charge is 2.23. The zero-order valence-corrected chi connectivity index (χ0v) is 10.9. The van der Waals surface area contributed by atoms with E-state index in [-0.39, 0.29) is 0 Å². The van der Waals surface area contributed by atoms with Crippen LogP contribution in [0, 0.1) is 11.3 Å². The summed E-state index contributed by atoms with van der Waals surface area (Å²) < 4.78 is 0. The number of nitrogens with two attached hydrogens (primary N) is 1. The van der Waals surface area contributed by atoms with E-state index in [1.54, 1.807) is 6.07 Å². The second-order valence-corrected chi connectivity index (χ2v) is 4.64. The largest absolute Gasteiger partial charge is 0.396 e. The molecule has 18 heavy (non-hydrogen) atoms. The summed E-state index contributed by atoms with van der Waals surface area (Å²) in [5.74, 6) is 0.850. The SMILES string of the molecule is CCN1CCN(c2ccc(N)c(C#N)n2)CC1C. The third-order valence-electron chi connectivity index (χ3n) is 3.51. The Balaban J connectivity index is 2.16. The predicted molar refractivity (Wildman–Crippen MR) is 72.3 cm³/mol. The van der Waals surface area contributed by atoms with Gasteiger partial charge in [0.15, 0.2) is 5.69 Å². The average Bonchev–Trinajstić information content (AvgIpc) is 2.39. The number of hydrogen-bond acceptors (Lipinski definition) is 5. The van der Waals surface area contributed by atoms with Crippen LogP contribution in [-0.4, -0.2) is 42.1 Å². The molecule has 2 rings (SSSR count). The Morgan fingerprint density at radius 1 is 1.50 bits per heavy atom. The van der Waals surface area contributed by atoms with Gasteiger partial charge in [0.05, 0.1) is 5.69 Å². The highest BCUT2D eigenvalue weighted by Crippen LogP contribution is 2.19. The third kappa shape index (κ3) is 2.39. The molecule has 5 heteroatoms. The number of rotatable bonds is 2. The second kappa shape index (κ2) is 5.23. The van der Waals surface area contributed by atoms with Crippen molar-refractivity contribution < 1.29 is 0 Å². The monoisotopic (exact) mass is 245 g/mol. The van der Waals surface area contributed by atoms with E-state index in [9.17, 15) is 0 Å². The van der Waals surface area contributed by atoms with E-state index < -0.39 is 0 Å². The predicted octanol–water partition coefficient (Wildman–Crippen LogP) is 1.07. The van der Waals surface area contributed by atoms with E-state index in [0.29, 0.717) is 17.4 Å². The van der Waals surface area contributed by atoms with Crippen LogP contribution in [-0.2, 0) is 0 Å². The van der Waals surface area contributed by atoms with Crippen LogP contribution in [0.3, 0.4) is 0 Å². The Morgan fingerprint density at radius 3 is 2.89 bits per heavy atom. The Labute approximate surface area is 108 Å². The van der Waals surface area contributed by atoms with Gasteiger partial charge in [0.1, 0.15) is 11.9 Å². The summed E-state index contributed by atoms with van der Waals surface area (Å²) in [6.45, 7) is 8.40. The molecule has 0 radical (unpaired) electrons. The minimum atomic E-state index is 0.318. The molecule has 0 aromatic carbocycles. The van der Waals surface area contributed by atoms with Crippen LogP contribution in [0.5, 0.6) is 0 Å². The van der Waals surface area contributed by atoms with Gasteiger partial charge in [0.2, 0.25) is 0 Å². The van der Waals surface area contributed by atoms with E-state index in [2.05, 4.69) is 28.6 Å². The lowest BCUT2D eigenvalue weighted by molar-refractivity contribution is 0.199. The van der Waals surface area contributed by atoms with Crippen molar-refractivity contribution in [2.45, 2.75) is 19.9 Å². The van der Waals surface area contributed by atoms with E-state index >= 15 is 0 Å². The quantitative estimate of drug-likeness (QED) is 0.844. The van der Waals surface area contributed by atoms with Gasteiger partial charge < -0.3 is 10.6 Å². The van der Waals surface area contributed by atoms with Gasteiger partial charge in [-0.1, -0.05) is 6.92 Å². The number of nitriles is 1. The number of nitrogen functional groups attached to an aromatic ring is 1. The standard InChI is InChI=1S/C13H19N5/c1-3-17-6-7-18(9-10(17)2)13-5-4-11(15)12(8-14)16-13/h4-5,10H,3,6-7,9,15H2,1-2H3. The van der Waals surface area contributed by atoms with Gasteiger partial charge in [-0.3, -0.25) is 4.90 Å². The fourth-order valence-electron chi connectivity index (χ4n) is 2.40. The van der Waals surface area contributed by atoms with Crippen LogP contribution in [0.25, 0.3) is 0 Å². The number of piperazine rings is 1. The van der Waals surface area contributed by atoms with Crippen LogP contribution in [0.15, 0.2) is 12.1 Å². The first-order valence-corrected chi connectivity index (χ1v) is 6.31. The lowest BCUT2D eigenvalue weighted by atomic mass is 10.2. The molecule has 1 aliphatic heterocycles. The maximum atomic E-state index is 8.95. The zero-order valence-electron chi connectivity index (χ0n) is 10.9. The van der Waals surface area contributed by atoms with Crippen molar-refractivity contribution in [3.05, 3.63) is 17.8 Å². The van der Waals surface area contributed by atoms with Gasteiger partial charge in [0, 0.05) is 25.7 Å². The molecule has 0 spiro atoms. The molecule has 1 unspecified atom stereocenters. The van der Waals surface area contributed by atoms with Crippen molar-refractivity contribution >= 4 is 11.5 Å². The van der Waals surface area contributed by atoms with Crippen molar-refractivity contribution in [3.8, 4) is 6.07 Å². The summed E-state index contributed by atoms with van der Waals surface area (Å²) in [6, 6.07) is 6.20. The van der Waals surface area contributed by atoms with E-state index in [1.165, 1.54) is 0 Å². The molecule has 0 saturated carbocycles. The molecule has 1 fully saturated rings. The van der Waals surface area contributed by atoms with Crippen molar-refractivity contribution in [1.82, 2.24) is 9.88 Å². The Bertz CT molecular complexity index is 465. The van der Waals surface area contributed by atoms with Gasteiger partial charge >= 0.3 is 0 Å². The van der Waals surface area contributed by atoms with Crippen LogP contribution >= 0.6 is 0 Å². The molecular formula is C13H19N5. The molecule has 1 aliphatic rings. The van der Waals surface area contributed by atoms with Gasteiger partial charge in [-0.15, -0.1) is 0 Å². The summed E-state index contributed by atoms with van der Waals surface area (Å²) in [4.78, 5) is 8.98. The fraction of sp³-hybridized carbons (Fsp3) is 0.538. The number of pyridine rings is 1. The Hall–Kier alpha value is -1.80. The molecule has 1 atom stereocenters. The summed E-state index contributed by atoms with van der Waals surface area (Å²) in [7, 11) is 0. The van der Waals surface area contributed by atoms with Crippen molar-refractivity contribution in [1.29, 1.82) is 5.26 Å². The molecule has 2 N–H and O–H groups in total. The number of hydrogen-bond donors (Lipinski definition) is 1. The van der Waals surface area contributed by atoms with Crippen LogP contribution < -0.4 is 10.6 Å². The van der Waals surface area contributed by atoms with Crippen molar-refractivity contribution in [2.75, 3.05) is 36.8 Å².